The molecule has 0 aromatic heterocycles. The lowest BCUT2D eigenvalue weighted by Crippen LogP contribution is -2.46. The molecule has 1 aliphatic rings. The van der Waals surface area contributed by atoms with Crippen molar-refractivity contribution in [3.63, 3.8) is 0 Å². The normalized spacial score (nSPS) is 21.3. The van der Waals surface area contributed by atoms with Gasteiger partial charge in [0, 0.05) is 19.2 Å². The van der Waals surface area contributed by atoms with E-state index >= 15 is 0 Å². The van der Waals surface area contributed by atoms with Crippen molar-refractivity contribution in [2.24, 2.45) is 0 Å². The quantitative estimate of drug-likeness (QED) is 0.512. The molecule has 0 amide bonds. The SMILES string of the molecule is CCOCCS(=O)(=O)N1CCCCC1CC(=O)OC. The molecule has 0 N–H and O–H groups in total. The van der Waals surface area contributed by atoms with Crippen LogP contribution in [-0.4, -0.2) is 57.4 Å². The van der Waals surface area contributed by atoms with Gasteiger partial charge in [0.25, 0.3) is 0 Å². The number of hydrogen-bond donors (Lipinski definition) is 0. The van der Waals surface area contributed by atoms with Crippen LogP contribution in [0.1, 0.15) is 32.6 Å². The maximum atomic E-state index is 12.2. The highest BCUT2D eigenvalue weighted by molar-refractivity contribution is 7.89. The van der Waals surface area contributed by atoms with Crippen molar-refractivity contribution in [1.82, 2.24) is 4.31 Å². The molecule has 112 valence electrons. The van der Waals surface area contributed by atoms with E-state index in [4.69, 9.17) is 4.74 Å². The van der Waals surface area contributed by atoms with E-state index in [1.807, 2.05) is 6.92 Å². The molecule has 1 fully saturated rings. The molecular weight excluding hydrogens is 270 g/mol. The van der Waals surface area contributed by atoms with Crippen LogP contribution in [-0.2, 0) is 24.3 Å². The monoisotopic (exact) mass is 293 g/mol. The maximum absolute atomic E-state index is 12.2. The van der Waals surface area contributed by atoms with Gasteiger partial charge in [-0.25, -0.2) is 8.42 Å². The molecule has 0 aliphatic carbocycles. The molecule has 1 saturated heterocycles. The minimum atomic E-state index is -3.36. The first-order chi connectivity index (χ1) is 9.01. The molecule has 1 rings (SSSR count). The number of sulfonamides is 1. The van der Waals surface area contributed by atoms with Crippen molar-refractivity contribution < 1.29 is 22.7 Å². The number of nitrogens with zero attached hydrogens (tertiary/aromatic N) is 1. The number of ether oxygens (including phenoxy) is 2. The van der Waals surface area contributed by atoms with Crippen molar-refractivity contribution in [1.29, 1.82) is 0 Å². The molecule has 0 aromatic rings. The molecular formula is C12H23NO5S. The molecule has 0 saturated carbocycles. The Bertz CT molecular complexity index is 382. The summed E-state index contributed by atoms with van der Waals surface area (Å²) < 4.78 is 35.6. The van der Waals surface area contributed by atoms with Gasteiger partial charge in [0.05, 0.1) is 25.9 Å². The van der Waals surface area contributed by atoms with E-state index < -0.39 is 10.0 Å². The minimum absolute atomic E-state index is 0.0293. The predicted octanol–water partition coefficient (Wildman–Crippen LogP) is 0.770. The molecule has 19 heavy (non-hydrogen) atoms. The highest BCUT2D eigenvalue weighted by Gasteiger charge is 2.33. The average Bonchev–Trinajstić information content (AvgIpc) is 2.39. The predicted molar refractivity (Wildman–Crippen MR) is 71.3 cm³/mol. The third-order valence-corrected chi connectivity index (χ3v) is 5.13. The van der Waals surface area contributed by atoms with Gasteiger partial charge in [0.2, 0.25) is 10.0 Å². The number of methoxy groups -OCH3 is 1. The van der Waals surface area contributed by atoms with Gasteiger partial charge in [-0.05, 0) is 19.8 Å². The Labute approximate surface area is 115 Å². The lowest BCUT2D eigenvalue weighted by Gasteiger charge is -2.34. The minimum Gasteiger partial charge on any atom is -0.469 e. The average molecular weight is 293 g/mol. The van der Waals surface area contributed by atoms with Crippen LogP contribution >= 0.6 is 0 Å². The summed E-state index contributed by atoms with van der Waals surface area (Å²) in [4.78, 5) is 11.3. The molecule has 6 nitrogen and oxygen atoms in total. The second-order valence-electron chi connectivity index (χ2n) is 4.55. The number of rotatable bonds is 7. The Kier molecular flexibility index (Phi) is 6.74. The fourth-order valence-corrected chi connectivity index (χ4v) is 3.85. The van der Waals surface area contributed by atoms with E-state index in [2.05, 4.69) is 4.74 Å². The number of esters is 1. The molecule has 7 heteroatoms. The van der Waals surface area contributed by atoms with Crippen molar-refractivity contribution in [2.75, 3.05) is 32.6 Å². The lowest BCUT2D eigenvalue weighted by molar-refractivity contribution is -0.141. The first-order valence-electron chi connectivity index (χ1n) is 6.65. The van der Waals surface area contributed by atoms with Crippen LogP contribution in [0.3, 0.4) is 0 Å². The van der Waals surface area contributed by atoms with Gasteiger partial charge in [-0.1, -0.05) is 6.42 Å². The van der Waals surface area contributed by atoms with Crippen LogP contribution in [0.25, 0.3) is 0 Å². The van der Waals surface area contributed by atoms with E-state index in [1.165, 1.54) is 11.4 Å². The highest BCUT2D eigenvalue weighted by Crippen LogP contribution is 2.23. The summed E-state index contributed by atoms with van der Waals surface area (Å²) in [5.74, 6) is -0.393. The summed E-state index contributed by atoms with van der Waals surface area (Å²) >= 11 is 0. The molecule has 0 bridgehead atoms. The second-order valence-corrected chi connectivity index (χ2v) is 6.59. The van der Waals surface area contributed by atoms with Crippen LogP contribution in [0.2, 0.25) is 0 Å². The van der Waals surface area contributed by atoms with E-state index in [-0.39, 0.29) is 30.8 Å². The Morgan fingerprint density at radius 2 is 2.11 bits per heavy atom. The van der Waals surface area contributed by atoms with Crippen LogP contribution in [0, 0.1) is 0 Å². The van der Waals surface area contributed by atoms with Gasteiger partial charge in [-0.15, -0.1) is 0 Å². The summed E-state index contributed by atoms with van der Waals surface area (Å²) in [6.45, 7) is 3.01. The zero-order chi connectivity index (χ0) is 14.3. The standard InChI is InChI=1S/C12H23NO5S/c1-3-18-8-9-19(15,16)13-7-5-4-6-11(13)10-12(14)17-2/h11H,3-10H2,1-2H3. The highest BCUT2D eigenvalue weighted by atomic mass is 32.2. The summed E-state index contributed by atoms with van der Waals surface area (Å²) in [6.07, 6.45) is 2.62. The van der Waals surface area contributed by atoms with Gasteiger partial charge in [0.1, 0.15) is 0 Å². The van der Waals surface area contributed by atoms with E-state index in [0.717, 1.165) is 12.8 Å². The van der Waals surface area contributed by atoms with Crippen molar-refractivity contribution in [3.8, 4) is 0 Å². The maximum Gasteiger partial charge on any atom is 0.307 e. The number of piperidine rings is 1. The van der Waals surface area contributed by atoms with Crippen molar-refractivity contribution in [2.45, 2.75) is 38.6 Å². The van der Waals surface area contributed by atoms with Gasteiger partial charge < -0.3 is 9.47 Å². The molecule has 1 aliphatic heterocycles. The van der Waals surface area contributed by atoms with Crippen LogP contribution in [0.15, 0.2) is 0 Å². The molecule has 1 unspecified atom stereocenters. The van der Waals surface area contributed by atoms with E-state index in [9.17, 15) is 13.2 Å². The van der Waals surface area contributed by atoms with E-state index in [1.54, 1.807) is 0 Å². The first kappa shape index (κ1) is 16.4. The lowest BCUT2D eigenvalue weighted by atomic mass is 10.0. The molecule has 0 spiro atoms. The van der Waals surface area contributed by atoms with Gasteiger partial charge in [0.15, 0.2) is 0 Å². The summed E-state index contributed by atoms with van der Waals surface area (Å²) in [5.41, 5.74) is 0. The Hall–Kier alpha value is -0.660. The molecule has 0 radical (unpaired) electrons. The Morgan fingerprint density at radius 1 is 1.37 bits per heavy atom. The van der Waals surface area contributed by atoms with Crippen molar-refractivity contribution in [3.05, 3.63) is 0 Å². The fourth-order valence-electron chi connectivity index (χ4n) is 2.25. The number of carbonyl (C=O) groups is 1. The largest absolute Gasteiger partial charge is 0.469 e. The van der Waals surface area contributed by atoms with Crippen LogP contribution in [0.5, 0.6) is 0 Å². The van der Waals surface area contributed by atoms with Gasteiger partial charge >= 0.3 is 5.97 Å². The van der Waals surface area contributed by atoms with Gasteiger partial charge in [-0.2, -0.15) is 4.31 Å². The third-order valence-electron chi connectivity index (χ3n) is 3.25. The van der Waals surface area contributed by atoms with Crippen LogP contribution < -0.4 is 0 Å². The Morgan fingerprint density at radius 3 is 2.74 bits per heavy atom. The molecule has 0 aromatic carbocycles. The summed E-state index contributed by atoms with van der Waals surface area (Å²) in [5, 5.41) is 0. The summed E-state index contributed by atoms with van der Waals surface area (Å²) in [6, 6.07) is -0.271. The third kappa shape index (κ3) is 5.08. The fraction of sp³-hybridized carbons (Fsp3) is 0.917. The van der Waals surface area contributed by atoms with Crippen molar-refractivity contribution >= 4 is 16.0 Å². The second kappa shape index (κ2) is 7.81. The zero-order valence-corrected chi connectivity index (χ0v) is 12.4. The molecule has 1 atom stereocenters. The first-order valence-corrected chi connectivity index (χ1v) is 8.26. The smallest absolute Gasteiger partial charge is 0.307 e. The zero-order valence-electron chi connectivity index (χ0n) is 11.6. The Balaban J connectivity index is 2.67. The topological polar surface area (TPSA) is 72.9 Å². The molecule has 1 heterocycles. The number of hydrogen-bond acceptors (Lipinski definition) is 5. The number of carbonyl (C=O) groups excluding carboxylic acids is 1. The van der Waals surface area contributed by atoms with Crippen LogP contribution in [0.4, 0.5) is 0 Å². The van der Waals surface area contributed by atoms with Gasteiger partial charge in [-0.3, -0.25) is 4.79 Å². The summed E-state index contributed by atoms with van der Waals surface area (Å²) in [7, 11) is -2.04. The van der Waals surface area contributed by atoms with E-state index in [0.29, 0.717) is 19.6 Å².